The predicted octanol–water partition coefficient (Wildman–Crippen LogP) is 3.29. The van der Waals surface area contributed by atoms with Crippen LogP contribution < -0.4 is 0 Å². The first-order valence-electron chi connectivity index (χ1n) is 9.30. The highest BCUT2D eigenvalue weighted by atomic mass is 32.2. The Morgan fingerprint density at radius 2 is 1.74 bits per heavy atom. The molecule has 0 radical (unpaired) electrons. The summed E-state index contributed by atoms with van der Waals surface area (Å²) in [6, 6.07) is 13.8. The zero-order valence-corrected chi connectivity index (χ0v) is 16.6. The molecule has 6 heteroatoms. The van der Waals surface area contributed by atoms with E-state index in [1.54, 1.807) is 10.4 Å². The molecule has 0 bridgehead atoms. The molecule has 2 aromatic carbocycles. The first kappa shape index (κ1) is 18.2. The number of hydrogen-bond donors (Lipinski definition) is 1. The monoisotopic (exact) mass is 383 g/mol. The molecule has 1 saturated heterocycles. The number of para-hydroxylation sites is 1. The number of aromatic nitrogens is 1. The molecule has 142 valence electrons. The lowest BCUT2D eigenvalue weighted by atomic mass is 10.1. The summed E-state index contributed by atoms with van der Waals surface area (Å²) in [6.45, 7) is 7.21. The van der Waals surface area contributed by atoms with Crippen LogP contribution in [0.4, 0.5) is 0 Å². The van der Waals surface area contributed by atoms with E-state index in [2.05, 4.69) is 28.2 Å². The number of H-pyrrole nitrogens is 1. The maximum absolute atomic E-state index is 13.0. The van der Waals surface area contributed by atoms with Crippen LogP contribution in [0.5, 0.6) is 0 Å². The molecule has 0 aliphatic carbocycles. The third-order valence-corrected chi connectivity index (χ3v) is 7.41. The van der Waals surface area contributed by atoms with Crippen LogP contribution in [0.1, 0.15) is 16.7 Å². The summed E-state index contributed by atoms with van der Waals surface area (Å²) in [5.41, 5.74) is 4.30. The van der Waals surface area contributed by atoms with Crippen LogP contribution in [0.3, 0.4) is 0 Å². The first-order chi connectivity index (χ1) is 12.9. The Labute approximate surface area is 160 Å². The number of fused-ring (bicyclic) bond motifs is 1. The van der Waals surface area contributed by atoms with Crippen molar-refractivity contribution in [2.24, 2.45) is 0 Å². The smallest absolute Gasteiger partial charge is 0.243 e. The zero-order chi connectivity index (χ0) is 19.0. The molecule has 3 aromatic rings. The van der Waals surface area contributed by atoms with Crippen molar-refractivity contribution in [2.75, 3.05) is 26.2 Å². The molecular weight excluding hydrogens is 358 g/mol. The quantitative estimate of drug-likeness (QED) is 0.752. The van der Waals surface area contributed by atoms with Gasteiger partial charge in [-0.2, -0.15) is 4.31 Å². The molecule has 1 aliphatic heterocycles. The van der Waals surface area contributed by atoms with E-state index in [1.807, 2.05) is 38.1 Å². The summed E-state index contributed by atoms with van der Waals surface area (Å²) < 4.78 is 27.7. The first-order valence-corrected chi connectivity index (χ1v) is 10.7. The van der Waals surface area contributed by atoms with Crippen LogP contribution >= 0.6 is 0 Å². The molecule has 0 atom stereocenters. The summed E-state index contributed by atoms with van der Waals surface area (Å²) in [6.07, 6.45) is 2.06. The van der Waals surface area contributed by atoms with E-state index in [-0.39, 0.29) is 0 Å². The highest BCUT2D eigenvalue weighted by molar-refractivity contribution is 7.89. The Morgan fingerprint density at radius 1 is 1.00 bits per heavy atom. The molecule has 2 heterocycles. The van der Waals surface area contributed by atoms with Gasteiger partial charge in [0.2, 0.25) is 10.0 Å². The zero-order valence-electron chi connectivity index (χ0n) is 15.8. The number of hydrogen-bond acceptors (Lipinski definition) is 3. The Bertz CT molecular complexity index is 1060. The second-order valence-corrected chi connectivity index (χ2v) is 9.22. The molecule has 0 unspecified atom stereocenters. The van der Waals surface area contributed by atoms with E-state index in [0.717, 1.165) is 36.3 Å². The topological polar surface area (TPSA) is 56.4 Å². The lowest BCUT2D eigenvalue weighted by molar-refractivity contribution is 0.182. The van der Waals surface area contributed by atoms with Gasteiger partial charge in [-0.15, -0.1) is 0 Å². The fraction of sp³-hybridized carbons (Fsp3) is 0.333. The largest absolute Gasteiger partial charge is 0.361 e. The Hall–Kier alpha value is -2.15. The Balaban J connectivity index is 1.45. The average molecular weight is 384 g/mol. The summed E-state index contributed by atoms with van der Waals surface area (Å²) in [7, 11) is -3.43. The number of nitrogens with one attached hydrogen (secondary N) is 1. The van der Waals surface area contributed by atoms with Gasteiger partial charge >= 0.3 is 0 Å². The van der Waals surface area contributed by atoms with Crippen LogP contribution in [0.25, 0.3) is 10.9 Å². The van der Waals surface area contributed by atoms with Crippen molar-refractivity contribution in [3.63, 3.8) is 0 Å². The standard InChI is InChI=1S/C21H25N3O2S/c1-16-7-8-21(17(2)13-16)27(25,26)24-11-9-23(10-12-24)15-18-14-22-20-6-4-3-5-19(18)20/h3-8,13-14,22H,9-12,15H2,1-2H3. The van der Waals surface area contributed by atoms with Crippen molar-refractivity contribution in [1.82, 2.24) is 14.2 Å². The van der Waals surface area contributed by atoms with E-state index >= 15 is 0 Å². The van der Waals surface area contributed by atoms with Gasteiger partial charge in [-0.25, -0.2) is 8.42 Å². The van der Waals surface area contributed by atoms with Gasteiger partial charge in [0.15, 0.2) is 0 Å². The highest BCUT2D eigenvalue weighted by Crippen LogP contribution is 2.24. The predicted molar refractivity (Wildman–Crippen MR) is 108 cm³/mol. The van der Waals surface area contributed by atoms with Crippen LogP contribution in [-0.2, 0) is 16.6 Å². The van der Waals surface area contributed by atoms with Gasteiger partial charge in [0.05, 0.1) is 4.90 Å². The third-order valence-electron chi connectivity index (χ3n) is 5.35. The van der Waals surface area contributed by atoms with Crippen molar-refractivity contribution < 1.29 is 8.42 Å². The minimum atomic E-state index is -3.43. The summed E-state index contributed by atoms with van der Waals surface area (Å²) in [5, 5.41) is 1.24. The summed E-state index contributed by atoms with van der Waals surface area (Å²) >= 11 is 0. The van der Waals surface area contributed by atoms with Gasteiger partial charge in [-0.05, 0) is 37.1 Å². The summed E-state index contributed by atoms with van der Waals surface area (Å²) in [5.74, 6) is 0. The van der Waals surface area contributed by atoms with Crippen LogP contribution in [0, 0.1) is 13.8 Å². The lowest BCUT2D eigenvalue weighted by Crippen LogP contribution is -2.48. The third kappa shape index (κ3) is 3.52. The second kappa shape index (κ2) is 7.11. The Morgan fingerprint density at radius 3 is 2.48 bits per heavy atom. The molecule has 5 nitrogen and oxygen atoms in total. The van der Waals surface area contributed by atoms with Gasteiger partial charge in [0.25, 0.3) is 0 Å². The van der Waals surface area contributed by atoms with E-state index in [4.69, 9.17) is 0 Å². The number of rotatable bonds is 4. The lowest BCUT2D eigenvalue weighted by Gasteiger charge is -2.34. The normalized spacial score (nSPS) is 16.8. The van der Waals surface area contributed by atoms with E-state index in [0.29, 0.717) is 18.0 Å². The number of aryl methyl sites for hydroxylation is 2. The van der Waals surface area contributed by atoms with E-state index < -0.39 is 10.0 Å². The van der Waals surface area contributed by atoms with Crippen molar-refractivity contribution >= 4 is 20.9 Å². The number of benzene rings is 2. The average Bonchev–Trinajstić information content (AvgIpc) is 3.05. The van der Waals surface area contributed by atoms with Gasteiger partial charge in [0, 0.05) is 49.8 Å². The number of piperazine rings is 1. The van der Waals surface area contributed by atoms with Crippen LogP contribution in [-0.4, -0.2) is 48.8 Å². The van der Waals surface area contributed by atoms with Gasteiger partial charge in [-0.3, -0.25) is 4.90 Å². The second-order valence-electron chi connectivity index (χ2n) is 7.31. The molecule has 27 heavy (non-hydrogen) atoms. The molecule has 1 N–H and O–H groups in total. The molecular formula is C21H25N3O2S. The molecule has 4 rings (SSSR count). The maximum atomic E-state index is 13.0. The van der Waals surface area contributed by atoms with E-state index in [1.165, 1.54) is 10.9 Å². The van der Waals surface area contributed by atoms with Crippen molar-refractivity contribution in [2.45, 2.75) is 25.3 Å². The number of sulfonamides is 1. The fourth-order valence-corrected chi connectivity index (χ4v) is 5.49. The molecule has 1 fully saturated rings. The summed E-state index contributed by atoms with van der Waals surface area (Å²) in [4.78, 5) is 6.06. The minimum Gasteiger partial charge on any atom is -0.361 e. The maximum Gasteiger partial charge on any atom is 0.243 e. The van der Waals surface area contributed by atoms with Crippen LogP contribution in [0.15, 0.2) is 53.6 Å². The Kier molecular flexibility index (Phi) is 4.80. The van der Waals surface area contributed by atoms with Gasteiger partial charge in [-0.1, -0.05) is 35.9 Å². The number of aromatic amines is 1. The minimum absolute atomic E-state index is 0.429. The van der Waals surface area contributed by atoms with Crippen molar-refractivity contribution in [3.05, 3.63) is 65.4 Å². The van der Waals surface area contributed by atoms with Gasteiger partial charge < -0.3 is 4.98 Å². The van der Waals surface area contributed by atoms with Gasteiger partial charge in [0.1, 0.15) is 0 Å². The van der Waals surface area contributed by atoms with Crippen molar-refractivity contribution in [1.29, 1.82) is 0 Å². The highest BCUT2D eigenvalue weighted by Gasteiger charge is 2.29. The van der Waals surface area contributed by atoms with E-state index in [9.17, 15) is 8.42 Å². The molecule has 0 amide bonds. The van der Waals surface area contributed by atoms with Crippen molar-refractivity contribution in [3.8, 4) is 0 Å². The van der Waals surface area contributed by atoms with Crippen LogP contribution in [0.2, 0.25) is 0 Å². The molecule has 0 saturated carbocycles. The SMILES string of the molecule is Cc1ccc(S(=O)(=O)N2CCN(Cc3c[nH]c4ccccc34)CC2)c(C)c1. The molecule has 1 aromatic heterocycles. The number of nitrogens with zero attached hydrogens (tertiary/aromatic N) is 2. The fourth-order valence-electron chi connectivity index (χ4n) is 3.86. The molecule has 0 spiro atoms. The molecule has 1 aliphatic rings.